The number of amides is 1. The van der Waals surface area contributed by atoms with Crippen LogP contribution in [-0.2, 0) is 20.9 Å². The maximum Gasteiger partial charge on any atom is 0.226 e. The number of aromatic nitrogens is 2. The second-order valence-corrected chi connectivity index (χ2v) is 10.8. The largest absolute Gasteiger partial charge is 0.382 e. The average Bonchev–Trinajstić information content (AvgIpc) is 2.92. The van der Waals surface area contributed by atoms with Crippen LogP contribution in [0.5, 0.6) is 0 Å². The minimum atomic E-state index is -0.451. The molecule has 0 radical (unpaired) electrons. The highest BCUT2D eigenvalue weighted by atomic mass is 19.1. The van der Waals surface area contributed by atoms with Gasteiger partial charge in [-0.05, 0) is 57.2 Å². The van der Waals surface area contributed by atoms with Crippen molar-refractivity contribution in [1.82, 2.24) is 20.2 Å². The van der Waals surface area contributed by atoms with Crippen molar-refractivity contribution < 1.29 is 18.7 Å². The van der Waals surface area contributed by atoms with Gasteiger partial charge in [-0.1, -0.05) is 24.3 Å². The molecule has 1 unspecified atom stereocenters. The van der Waals surface area contributed by atoms with E-state index in [0.29, 0.717) is 50.3 Å². The Kier molecular flexibility index (Phi) is 8.02. The summed E-state index contributed by atoms with van der Waals surface area (Å²) in [6.45, 7) is 8.37. The predicted octanol–water partition coefficient (Wildman–Crippen LogP) is 3.26. The Morgan fingerprint density at radius 3 is 2.49 bits per heavy atom. The molecule has 9 heteroatoms. The Morgan fingerprint density at radius 1 is 1.11 bits per heavy atom. The van der Waals surface area contributed by atoms with Crippen LogP contribution in [0.25, 0.3) is 11.3 Å². The first kappa shape index (κ1) is 26.0. The lowest BCUT2D eigenvalue weighted by atomic mass is 9.73. The monoisotopic (exact) mass is 511 g/mol. The summed E-state index contributed by atoms with van der Waals surface area (Å²) >= 11 is 0. The van der Waals surface area contributed by atoms with Gasteiger partial charge < -0.3 is 24.6 Å². The highest BCUT2D eigenvalue weighted by Crippen LogP contribution is 2.36. The molecule has 1 amide bonds. The van der Waals surface area contributed by atoms with E-state index in [2.05, 4.69) is 32.0 Å². The molecular formula is C28H38FN5O3. The van der Waals surface area contributed by atoms with Crippen LogP contribution in [0.2, 0.25) is 0 Å². The lowest BCUT2D eigenvalue weighted by Crippen LogP contribution is -2.66. The van der Waals surface area contributed by atoms with E-state index in [1.165, 1.54) is 19.0 Å². The number of carbonyl (C=O) groups excluding carboxylic acids is 1. The van der Waals surface area contributed by atoms with Gasteiger partial charge in [0.25, 0.3) is 0 Å². The fourth-order valence-corrected chi connectivity index (χ4v) is 5.99. The number of fused-ring (bicyclic) bond motifs is 3. The lowest BCUT2D eigenvalue weighted by molar-refractivity contribution is -0.130. The van der Waals surface area contributed by atoms with Gasteiger partial charge in [-0.15, -0.1) is 0 Å². The average molecular weight is 512 g/mol. The van der Waals surface area contributed by atoms with Gasteiger partial charge in [0.05, 0.1) is 31.6 Å². The number of nitrogens with one attached hydrogen (secondary N) is 1. The van der Waals surface area contributed by atoms with Crippen molar-refractivity contribution in [3.8, 4) is 11.3 Å². The third-order valence-corrected chi connectivity index (χ3v) is 8.26. The van der Waals surface area contributed by atoms with E-state index in [1.807, 2.05) is 24.3 Å². The lowest BCUT2D eigenvalue weighted by Gasteiger charge is -2.52. The number of carbonyl (C=O) groups is 1. The Morgan fingerprint density at radius 2 is 1.84 bits per heavy atom. The molecule has 2 bridgehead atoms. The van der Waals surface area contributed by atoms with Crippen LogP contribution in [0.4, 0.5) is 10.3 Å². The number of hydrogen-bond donors (Lipinski definition) is 1. The summed E-state index contributed by atoms with van der Waals surface area (Å²) in [5.41, 5.74) is 1.86. The minimum Gasteiger partial charge on any atom is -0.382 e. The quantitative estimate of drug-likeness (QED) is 0.518. The molecule has 4 fully saturated rings. The molecule has 0 aliphatic carbocycles. The third-order valence-electron chi connectivity index (χ3n) is 8.26. The van der Waals surface area contributed by atoms with Crippen molar-refractivity contribution >= 4 is 11.9 Å². The maximum atomic E-state index is 14.7. The summed E-state index contributed by atoms with van der Waals surface area (Å²) in [6, 6.07) is 7.55. The predicted molar refractivity (Wildman–Crippen MR) is 140 cm³/mol. The molecule has 5 heterocycles. The Balaban J connectivity index is 1.18. The zero-order valence-electron chi connectivity index (χ0n) is 21.9. The number of ether oxygens (including phenoxy) is 2. The first-order valence-corrected chi connectivity index (χ1v) is 13.4. The van der Waals surface area contributed by atoms with Gasteiger partial charge in [0.1, 0.15) is 5.69 Å². The first-order valence-electron chi connectivity index (χ1n) is 13.4. The van der Waals surface area contributed by atoms with Gasteiger partial charge in [0.15, 0.2) is 5.82 Å². The van der Waals surface area contributed by atoms with Gasteiger partial charge in [0.2, 0.25) is 11.9 Å². The molecule has 6 rings (SSSR count). The van der Waals surface area contributed by atoms with E-state index in [-0.39, 0.29) is 23.1 Å². The minimum absolute atomic E-state index is 0.0119. The van der Waals surface area contributed by atoms with Crippen LogP contribution < -0.4 is 10.2 Å². The van der Waals surface area contributed by atoms with Crippen molar-refractivity contribution in [3.63, 3.8) is 0 Å². The second kappa shape index (κ2) is 11.4. The highest BCUT2D eigenvalue weighted by molar-refractivity contribution is 5.80. The Bertz CT molecular complexity index is 1070. The fraction of sp³-hybridized carbons (Fsp3) is 0.607. The number of halogens is 1. The molecule has 0 spiro atoms. The zero-order valence-corrected chi connectivity index (χ0v) is 21.9. The van der Waals surface area contributed by atoms with E-state index >= 15 is 0 Å². The molecule has 1 aromatic carbocycles. The van der Waals surface area contributed by atoms with Gasteiger partial charge >= 0.3 is 0 Å². The van der Waals surface area contributed by atoms with E-state index in [4.69, 9.17) is 9.47 Å². The van der Waals surface area contributed by atoms with Crippen LogP contribution in [-0.4, -0.2) is 79.4 Å². The fourth-order valence-electron chi connectivity index (χ4n) is 5.99. The number of piperidine rings is 4. The van der Waals surface area contributed by atoms with Crippen LogP contribution >= 0.6 is 0 Å². The molecule has 0 saturated carbocycles. The second-order valence-electron chi connectivity index (χ2n) is 10.8. The maximum absolute atomic E-state index is 14.7. The van der Waals surface area contributed by atoms with Crippen molar-refractivity contribution in [2.45, 2.75) is 44.8 Å². The van der Waals surface area contributed by atoms with Crippen molar-refractivity contribution in [2.75, 3.05) is 57.9 Å². The Hall–Kier alpha value is -2.62. The van der Waals surface area contributed by atoms with Crippen LogP contribution in [0.1, 0.15) is 38.2 Å². The standard InChI is InChI=1S/C28H38FN5O3/c1-28(19-33-11-9-23(28)10-12-33)32-26(35)22-7-13-34(14-8-22)27-30-17-24(29)25(31-27)21-5-3-20(4-6-21)18-37-16-15-36-2/h3-6,17,22-23H,7-16,18-19H2,1-2H3,(H,32,35). The topological polar surface area (TPSA) is 79.8 Å². The summed E-state index contributed by atoms with van der Waals surface area (Å²) in [6.07, 6.45) is 5.06. The third kappa shape index (κ3) is 5.94. The number of rotatable bonds is 9. The first-order chi connectivity index (χ1) is 17.9. The summed E-state index contributed by atoms with van der Waals surface area (Å²) < 4.78 is 25.2. The van der Waals surface area contributed by atoms with Crippen LogP contribution in [0.3, 0.4) is 0 Å². The van der Waals surface area contributed by atoms with E-state index in [1.54, 1.807) is 7.11 Å². The molecule has 2 aromatic rings. The molecule has 1 aromatic heterocycles. The zero-order chi connectivity index (χ0) is 25.8. The van der Waals surface area contributed by atoms with Crippen molar-refractivity contribution in [3.05, 3.63) is 41.8 Å². The molecule has 4 aliphatic rings. The molecule has 4 saturated heterocycles. The molecular weight excluding hydrogens is 473 g/mol. The van der Waals surface area contributed by atoms with E-state index in [0.717, 1.165) is 38.0 Å². The SMILES string of the molecule is COCCOCc1ccc(-c2nc(N3CCC(C(=O)NC4(C)CN5CCC4CC5)CC3)ncc2F)cc1. The van der Waals surface area contributed by atoms with Crippen LogP contribution in [0.15, 0.2) is 30.5 Å². The Labute approximate surface area is 218 Å². The molecule has 8 nitrogen and oxygen atoms in total. The van der Waals surface area contributed by atoms with Gasteiger partial charge in [-0.25, -0.2) is 14.4 Å². The molecule has 1 N–H and O–H groups in total. The number of hydrogen-bond acceptors (Lipinski definition) is 7. The number of anilines is 1. The number of nitrogens with zero attached hydrogens (tertiary/aromatic N) is 4. The summed E-state index contributed by atoms with van der Waals surface area (Å²) in [5.74, 6) is 0.786. The van der Waals surface area contributed by atoms with E-state index < -0.39 is 5.82 Å². The molecule has 37 heavy (non-hydrogen) atoms. The van der Waals surface area contributed by atoms with Crippen molar-refractivity contribution in [1.29, 1.82) is 0 Å². The molecule has 1 atom stereocenters. The molecule has 4 aliphatic heterocycles. The van der Waals surface area contributed by atoms with Crippen LogP contribution in [0, 0.1) is 17.7 Å². The van der Waals surface area contributed by atoms with Gasteiger partial charge in [0, 0.05) is 38.2 Å². The number of methoxy groups -OCH3 is 1. The highest BCUT2D eigenvalue weighted by Gasteiger charge is 2.45. The van der Waals surface area contributed by atoms with Gasteiger partial charge in [-0.3, -0.25) is 4.79 Å². The normalized spacial score (nSPS) is 25.9. The smallest absolute Gasteiger partial charge is 0.226 e. The summed E-state index contributed by atoms with van der Waals surface area (Å²) in [4.78, 5) is 26.5. The summed E-state index contributed by atoms with van der Waals surface area (Å²) in [7, 11) is 1.64. The molecule has 200 valence electrons. The summed E-state index contributed by atoms with van der Waals surface area (Å²) in [5, 5.41) is 3.42. The van der Waals surface area contributed by atoms with Gasteiger partial charge in [-0.2, -0.15) is 0 Å². The van der Waals surface area contributed by atoms with E-state index in [9.17, 15) is 9.18 Å². The number of benzene rings is 1. The van der Waals surface area contributed by atoms with Crippen molar-refractivity contribution in [2.24, 2.45) is 11.8 Å².